The van der Waals surface area contributed by atoms with Crippen molar-refractivity contribution in [3.63, 3.8) is 0 Å². The Bertz CT molecular complexity index is 393. The summed E-state index contributed by atoms with van der Waals surface area (Å²) in [4.78, 5) is 9.10. The van der Waals surface area contributed by atoms with E-state index in [1.54, 1.807) is 0 Å². The Morgan fingerprint density at radius 1 is 1.22 bits per heavy atom. The van der Waals surface area contributed by atoms with Gasteiger partial charge in [0.1, 0.15) is 17.5 Å². The topological polar surface area (TPSA) is 49.8 Å². The average molecular weight is 248 g/mol. The van der Waals surface area contributed by atoms with E-state index < -0.39 is 0 Å². The largest absolute Gasteiger partial charge is 0.373 e. The second kappa shape index (κ2) is 5.55. The number of nitrogens with zero attached hydrogens (tertiary/aromatic N) is 2. The monoisotopic (exact) mass is 248 g/mol. The van der Waals surface area contributed by atoms with Gasteiger partial charge in [-0.3, -0.25) is 0 Å². The Kier molecular flexibility index (Phi) is 4.04. The van der Waals surface area contributed by atoms with Gasteiger partial charge in [0.05, 0.1) is 0 Å². The third-order valence-electron chi connectivity index (χ3n) is 3.88. The van der Waals surface area contributed by atoms with Gasteiger partial charge in [0.15, 0.2) is 0 Å². The van der Waals surface area contributed by atoms with E-state index in [9.17, 15) is 0 Å². The fraction of sp³-hybridized carbons (Fsp3) is 0.714. The van der Waals surface area contributed by atoms with Crippen molar-refractivity contribution in [2.45, 2.75) is 57.9 Å². The van der Waals surface area contributed by atoms with Crippen molar-refractivity contribution in [2.75, 3.05) is 17.7 Å². The summed E-state index contributed by atoms with van der Waals surface area (Å²) in [5.74, 6) is 2.80. The molecule has 1 fully saturated rings. The molecule has 0 atom stereocenters. The van der Waals surface area contributed by atoms with Gasteiger partial charge < -0.3 is 10.6 Å². The molecule has 1 aromatic rings. The predicted octanol–water partition coefficient (Wildman–Crippen LogP) is 3.22. The fourth-order valence-electron chi connectivity index (χ4n) is 2.47. The summed E-state index contributed by atoms with van der Waals surface area (Å²) in [5.41, 5.74) is 0.281. The Labute approximate surface area is 110 Å². The van der Waals surface area contributed by atoms with Gasteiger partial charge >= 0.3 is 0 Å². The minimum Gasteiger partial charge on any atom is -0.373 e. The van der Waals surface area contributed by atoms with Gasteiger partial charge in [-0.25, -0.2) is 9.97 Å². The van der Waals surface area contributed by atoms with Crippen LogP contribution >= 0.6 is 0 Å². The van der Waals surface area contributed by atoms with Gasteiger partial charge in [0, 0.05) is 25.1 Å². The van der Waals surface area contributed by atoms with Crippen LogP contribution in [-0.2, 0) is 6.42 Å². The van der Waals surface area contributed by atoms with Gasteiger partial charge in [-0.05, 0) is 32.1 Å². The highest BCUT2D eigenvalue weighted by molar-refractivity contribution is 5.49. The van der Waals surface area contributed by atoms with Crippen molar-refractivity contribution < 1.29 is 0 Å². The van der Waals surface area contributed by atoms with Crippen LogP contribution in [-0.4, -0.2) is 22.6 Å². The van der Waals surface area contributed by atoms with Crippen molar-refractivity contribution >= 4 is 11.6 Å². The Morgan fingerprint density at radius 3 is 2.44 bits per heavy atom. The van der Waals surface area contributed by atoms with Gasteiger partial charge in [0.2, 0.25) is 0 Å². The third-order valence-corrected chi connectivity index (χ3v) is 3.88. The Balaban J connectivity index is 2.18. The molecule has 1 heterocycles. The molecule has 0 aliphatic heterocycles. The first-order valence-corrected chi connectivity index (χ1v) is 7.05. The van der Waals surface area contributed by atoms with Crippen molar-refractivity contribution in [1.29, 1.82) is 0 Å². The molecule has 100 valence electrons. The van der Waals surface area contributed by atoms with Crippen molar-refractivity contribution in [3.05, 3.63) is 11.9 Å². The first kappa shape index (κ1) is 13.1. The van der Waals surface area contributed by atoms with Crippen LogP contribution in [0.3, 0.4) is 0 Å². The number of aryl methyl sites for hydroxylation is 1. The van der Waals surface area contributed by atoms with Crippen LogP contribution < -0.4 is 10.6 Å². The first-order chi connectivity index (χ1) is 8.71. The van der Waals surface area contributed by atoms with Gasteiger partial charge in [-0.1, -0.05) is 13.8 Å². The quantitative estimate of drug-likeness (QED) is 0.811. The van der Waals surface area contributed by atoms with E-state index in [1.165, 1.54) is 19.3 Å². The summed E-state index contributed by atoms with van der Waals surface area (Å²) in [6, 6.07) is 2.01. The van der Waals surface area contributed by atoms with E-state index >= 15 is 0 Å². The summed E-state index contributed by atoms with van der Waals surface area (Å²) in [5, 5.41) is 6.74. The summed E-state index contributed by atoms with van der Waals surface area (Å²) in [6.07, 6.45) is 7.01. The number of aromatic nitrogens is 2. The minimum absolute atomic E-state index is 0.281. The maximum absolute atomic E-state index is 4.62. The van der Waals surface area contributed by atoms with Crippen LogP contribution in [0.2, 0.25) is 0 Å². The SMILES string of the molecule is CCCc1nc(NC)cc(NC2(CC)CCC2)n1. The first-order valence-electron chi connectivity index (χ1n) is 7.05. The molecule has 0 unspecified atom stereocenters. The molecule has 0 saturated heterocycles. The molecule has 0 radical (unpaired) electrons. The third kappa shape index (κ3) is 2.74. The van der Waals surface area contributed by atoms with E-state index in [0.717, 1.165) is 36.7 Å². The summed E-state index contributed by atoms with van der Waals surface area (Å²) >= 11 is 0. The predicted molar refractivity (Wildman–Crippen MR) is 76.1 cm³/mol. The number of rotatable bonds is 6. The van der Waals surface area contributed by atoms with Crippen LogP contribution in [0.5, 0.6) is 0 Å². The molecule has 0 amide bonds. The highest BCUT2D eigenvalue weighted by Gasteiger charge is 2.35. The van der Waals surface area contributed by atoms with Gasteiger partial charge in [-0.2, -0.15) is 0 Å². The zero-order chi connectivity index (χ0) is 13.0. The van der Waals surface area contributed by atoms with Crippen molar-refractivity contribution in [3.8, 4) is 0 Å². The van der Waals surface area contributed by atoms with E-state index in [2.05, 4.69) is 34.4 Å². The molecule has 1 aromatic heterocycles. The molecule has 4 nitrogen and oxygen atoms in total. The second-order valence-corrected chi connectivity index (χ2v) is 5.17. The molecule has 1 saturated carbocycles. The molecule has 4 heteroatoms. The molecule has 18 heavy (non-hydrogen) atoms. The number of hydrogen-bond acceptors (Lipinski definition) is 4. The zero-order valence-electron chi connectivity index (χ0n) is 11.7. The van der Waals surface area contributed by atoms with Crippen LogP contribution in [0.25, 0.3) is 0 Å². The number of hydrogen-bond donors (Lipinski definition) is 2. The van der Waals surface area contributed by atoms with Crippen LogP contribution in [0.15, 0.2) is 6.07 Å². The molecule has 0 aromatic carbocycles. The summed E-state index contributed by atoms with van der Waals surface area (Å²) < 4.78 is 0. The highest BCUT2D eigenvalue weighted by Crippen LogP contribution is 2.37. The number of nitrogens with one attached hydrogen (secondary N) is 2. The van der Waals surface area contributed by atoms with Crippen molar-refractivity contribution in [1.82, 2.24) is 9.97 Å². The van der Waals surface area contributed by atoms with E-state index in [0.29, 0.717) is 0 Å². The lowest BCUT2D eigenvalue weighted by atomic mass is 9.75. The summed E-state index contributed by atoms with van der Waals surface area (Å²) in [7, 11) is 1.90. The fourth-order valence-corrected chi connectivity index (χ4v) is 2.47. The van der Waals surface area contributed by atoms with Gasteiger partial charge in [-0.15, -0.1) is 0 Å². The smallest absolute Gasteiger partial charge is 0.133 e. The maximum Gasteiger partial charge on any atom is 0.133 e. The van der Waals surface area contributed by atoms with Crippen LogP contribution in [0.1, 0.15) is 51.8 Å². The Hall–Kier alpha value is -1.32. The Morgan fingerprint density at radius 2 is 1.94 bits per heavy atom. The standard InChI is InChI=1S/C14H24N4/c1-4-7-11-16-12(15-3)10-13(17-11)18-14(5-2)8-6-9-14/h10H,4-9H2,1-3H3,(H2,15,16,17,18). The number of anilines is 2. The average Bonchev–Trinajstić information content (AvgIpc) is 2.34. The van der Waals surface area contributed by atoms with Gasteiger partial charge in [0.25, 0.3) is 0 Å². The molecular formula is C14H24N4. The second-order valence-electron chi connectivity index (χ2n) is 5.17. The van der Waals surface area contributed by atoms with Crippen LogP contribution in [0, 0.1) is 0 Å². The van der Waals surface area contributed by atoms with E-state index in [4.69, 9.17) is 0 Å². The highest BCUT2D eigenvalue weighted by atomic mass is 15.1. The van der Waals surface area contributed by atoms with E-state index in [1.807, 2.05) is 13.1 Å². The van der Waals surface area contributed by atoms with E-state index in [-0.39, 0.29) is 5.54 Å². The molecule has 2 N–H and O–H groups in total. The minimum atomic E-state index is 0.281. The lowest BCUT2D eigenvalue weighted by Crippen LogP contribution is -2.44. The summed E-state index contributed by atoms with van der Waals surface area (Å²) in [6.45, 7) is 4.40. The normalized spacial score (nSPS) is 17.1. The molecule has 2 rings (SSSR count). The molecule has 0 bridgehead atoms. The molecule has 1 aliphatic carbocycles. The zero-order valence-corrected chi connectivity index (χ0v) is 11.7. The lowest BCUT2D eigenvalue weighted by Gasteiger charge is -2.42. The lowest BCUT2D eigenvalue weighted by molar-refractivity contribution is 0.268. The molecule has 0 spiro atoms. The van der Waals surface area contributed by atoms with Crippen molar-refractivity contribution in [2.24, 2.45) is 0 Å². The molecular weight excluding hydrogens is 224 g/mol. The van der Waals surface area contributed by atoms with Crippen LogP contribution in [0.4, 0.5) is 11.6 Å². The maximum atomic E-state index is 4.62. The molecule has 1 aliphatic rings.